The maximum atomic E-state index is 13.1. The highest BCUT2D eigenvalue weighted by Crippen LogP contribution is 2.11. The lowest BCUT2D eigenvalue weighted by molar-refractivity contribution is 0.0781. The molecule has 1 amide bonds. The number of nitrogens with zero attached hydrogens (tertiary/aromatic N) is 3. The maximum absolute atomic E-state index is 13.1. The SMILES string of the molecule is Cc1cc(C(=O)N(C)Cc2ncn[nH]2)ccc1F. The Hall–Kier alpha value is -2.24. The molecule has 0 saturated heterocycles. The van der Waals surface area contributed by atoms with Crippen LogP contribution in [0.5, 0.6) is 0 Å². The summed E-state index contributed by atoms with van der Waals surface area (Å²) in [5.41, 5.74) is 0.907. The summed E-state index contributed by atoms with van der Waals surface area (Å²) in [6, 6.07) is 4.31. The molecule has 2 rings (SSSR count). The zero-order valence-electron chi connectivity index (χ0n) is 10.1. The van der Waals surface area contributed by atoms with Crippen LogP contribution in [0.3, 0.4) is 0 Å². The van der Waals surface area contributed by atoms with Crippen molar-refractivity contribution in [2.24, 2.45) is 0 Å². The van der Waals surface area contributed by atoms with E-state index in [1.807, 2.05) is 0 Å². The van der Waals surface area contributed by atoms with Gasteiger partial charge in [0.2, 0.25) is 0 Å². The normalized spacial score (nSPS) is 10.4. The molecule has 0 aliphatic rings. The number of benzene rings is 1. The first-order chi connectivity index (χ1) is 8.58. The molecule has 0 unspecified atom stereocenters. The second kappa shape index (κ2) is 4.95. The van der Waals surface area contributed by atoms with Crippen LogP contribution in [0.2, 0.25) is 0 Å². The summed E-state index contributed by atoms with van der Waals surface area (Å²) in [4.78, 5) is 17.5. The fraction of sp³-hybridized carbons (Fsp3) is 0.250. The molecule has 0 saturated carbocycles. The standard InChI is InChI=1S/C12H13FN4O/c1-8-5-9(3-4-10(8)13)12(18)17(2)6-11-14-7-15-16-11/h3-5,7H,6H2,1-2H3,(H,14,15,16). The number of amides is 1. The molecule has 2 aromatic rings. The number of carbonyl (C=O) groups excluding carboxylic acids is 1. The van der Waals surface area contributed by atoms with Gasteiger partial charge in [-0.25, -0.2) is 9.37 Å². The van der Waals surface area contributed by atoms with Gasteiger partial charge >= 0.3 is 0 Å². The predicted molar refractivity (Wildman–Crippen MR) is 63.3 cm³/mol. The minimum absolute atomic E-state index is 0.186. The fourth-order valence-corrected chi connectivity index (χ4v) is 1.60. The highest BCUT2D eigenvalue weighted by molar-refractivity contribution is 5.94. The molecule has 6 heteroatoms. The van der Waals surface area contributed by atoms with Gasteiger partial charge in [-0.05, 0) is 30.7 Å². The summed E-state index contributed by atoms with van der Waals surface area (Å²) in [7, 11) is 1.66. The molecule has 0 atom stereocenters. The molecule has 1 aromatic heterocycles. The van der Waals surface area contributed by atoms with E-state index in [4.69, 9.17) is 0 Å². The molecule has 1 heterocycles. The molecule has 0 fully saturated rings. The zero-order valence-corrected chi connectivity index (χ0v) is 10.1. The van der Waals surface area contributed by atoms with Crippen LogP contribution < -0.4 is 0 Å². The third kappa shape index (κ3) is 2.53. The Kier molecular flexibility index (Phi) is 3.36. The van der Waals surface area contributed by atoms with Crippen LogP contribution in [0.1, 0.15) is 21.7 Å². The topological polar surface area (TPSA) is 61.9 Å². The Morgan fingerprint density at radius 1 is 1.50 bits per heavy atom. The Morgan fingerprint density at radius 2 is 2.28 bits per heavy atom. The highest BCUT2D eigenvalue weighted by atomic mass is 19.1. The van der Waals surface area contributed by atoms with Crippen molar-refractivity contribution in [3.63, 3.8) is 0 Å². The third-order valence-corrected chi connectivity index (χ3v) is 2.60. The van der Waals surface area contributed by atoms with Gasteiger partial charge in [0.25, 0.3) is 5.91 Å². The molecule has 94 valence electrons. The Morgan fingerprint density at radius 3 is 2.89 bits per heavy atom. The Balaban J connectivity index is 2.12. The largest absolute Gasteiger partial charge is 0.334 e. The summed E-state index contributed by atoms with van der Waals surface area (Å²) < 4.78 is 13.1. The lowest BCUT2D eigenvalue weighted by Gasteiger charge is -2.15. The van der Waals surface area contributed by atoms with Crippen molar-refractivity contribution in [3.05, 3.63) is 47.3 Å². The van der Waals surface area contributed by atoms with Gasteiger partial charge in [0, 0.05) is 12.6 Å². The minimum Gasteiger partial charge on any atom is -0.334 e. The summed E-state index contributed by atoms with van der Waals surface area (Å²) in [6.45, 7) is 1.96. The molecule has 0 aliphatic heterocycles. The molecule has 0 spiro atoms. The summed E-state index contributed by atoms with van der Waals surface area (Å²) in [5.74, 6) is 0.101. The Bertz CT molecular complexity index is 553. The van der Waals surface area contributed by atoms with Crippen molar-refractivity contribution in [2.45, 2.75) is 13.5 Å². The number of halogens is 1. The number of aromatic nitrogens is 3. The molecule has 1 N–H and O–H groups in total. The summed E-state index contributed by atoms with van der Waals surface area (Å²) >= 11 is 0. The van der Waals surface area contributed by atoms with E-state index in [0.29, 0.717) is 23.5 Å². The summed E-state index contributed by atoms with van der Waals surface area (Å²) in [5, 5.41) is 6.39. The van der Waals surface area contributed by atoms with Gasteiger partial charge in [0.05, 0.1) is 6.54 Å². The third-order valence-electron chi connectivity index (χ3n) is 2.60. The van der Waals surface area contributed by atoms with Gasteiger partial charge in [0.15, 0.2) is 0 Å². The smallest absolute Gasteiger partial charge is 0.254 e. The number of hydrogen-bond acceptors (Lipinski definition) is 3. The molecule has 1 aromatic carbocycles. The van der Waals surface area contributed by atoms with Crippen molar-refractivity contribution in [3.8, 4) is 0 Å². The molecule has 18 heavy (non-hydrogen) atoms. The molecule has 5 nitrogen and oxygen atoms in total. The first-order valence-corrected chi connectivity index (χ1v) is 5.44. The van der Waals surface area contributed by atoms with Crippen LogP contribution in [0.25, 0.3) is 0 Å². The average Bonchev–Trinajstić information content (AvgIpc) is 2.84. The number of aryl methyl sites for hydroxylation is 1. The number of rotatable bonds is 3. The van der Waals surface area contributed by atoms with Crippen LogP contribution in [0.4, 0.5) is 4.39 Å². The van der Waals surface area contributed by atoms with Crippen molar-refractivity contribution in [1.82, 2.24) is 20.1 Å². The number of aromatic amines is 1. The number of H-pyrrole nitrogens is 1. The monoisotopic (exact) mass is 248 g/mol. The zero-order chi connectivity index (χ0) is 13.1. The van der Waals surface area contributed by atoms with Gasteiger partial charge in [-0.3, -0.25) is 9.89 Å². The van der Waals surface area contributed by atoms with Crippen LogP contribution >= 0.6 is 0 Å². The highest BCUT2D eigenvalue weighted by Gasteiger charge is 2.14. The van der Waals surface area contributed by atoms with E-state index in [2.05, 4.69) is 15.2 Å². The first kappa shape index (κ1) is 12.2. The van der Waals surface area contributed by atoms with Crippen LogP contribution in [-0.2, 0) is 6.54 Å². The second-order valence-electron chi connectivity index (χ2n) is 4.06. The second-order valence-corrected chi connectivity index (χ2v) is 4.06. The Labute approximate surface area is 104 Å². The number of carbonyl (C=O) groups is 1. The average molecular weight is 248 g/mol. The first-order valence-electron chi connectivity index (χ1n) is 5.44. The van der Waals surface area contributed by atoms with Crippen LogP contribution in [0, 0.1) is 12.7 Å². The molecule has 0 radical (unpaired) electrons. The van der Waals surface area contributed by atoms with Crippen LogP contribution in [0.15, 0.2) is 24.5 Å². The van der Waals surface area contributed by atoms with Crippen molar-refractivity contribution < 1.29 is 9.18 Å². The van der Waals surface area contributed by atoms with Crippen molar-refractivity contribution >= 4 is 5.91 Å². The van der Waals surface area contributed by atoms with Crippen LogP contribution in [-0.4, -0.2) is 33.0 Å². The van der Waals surface area contributed by atoms with E-state index >= 15 is 0 Å². The maximum Gasteiger partial charge on any atom is 0.254 e. The van der Waals surface area contributed by atoms with E-state index < -0.39 is 0 Å². The van der Waals surface area contributed by atoms with E-state index in [1.165, 1.54) is 29.4 Å². The van der Waals surface area contributed by atoms with Crippen molar-refractivity contribution in [2.75, 3.05) is 7.05 Å². The van der Waals surface area contributed by atoms with Crippen molar-refractivity contribution in [1.29, 1.82) is 0 Å². The number of nitrogens with one attached hydrogen (secondary N) is 1. The molecule has 0 aliphatic carbocycles. The van der Waals surface area contributed by atoms with Gasteiger partial charge in [-0.1, -0.05) is 0 Å². The molecular weight excluding hydrogens is 235 g/mol. The predicted octanol–water partition coefficient (Wildman–Crippen LogP) is 1.52. The van der Waals surface area contributed by atoms with E-state index in [1.54, 1.807) is 14.0 Å². The lowest BCUT2D eigenvalue weighted by Crippen LogP contribution is -2.26. The van der Waals surface area contributed by atoms with Gasteiger partial charge < -0.3 is 4.90 Å². The van der Waals surface area contributed by atoms with Gasteiger partial charge in [0.1, 0.15) is 18.0 Å². The minimum atomic E-state index is -0.315. The lowest BCUT2D eigenvalue weighted by atomic mass is 10.1. The van der Waals surface area contributed by atoms with Gasteiger partial charge in [-0.2, -0.15) is 5.10 Å². The molecular formula is C12H13FN4O. The van der Waals surface area contributed by atoms with E-state index in [0.717, 1.165) is 0 Å². The molecule has 0 bridgehead atoms. The fourth-order valence-electron chi connectivity index (χ4n) is 1.60. The van der Waals surface area contributed by atoms with E-state index in [9.17, 15) is 9.18 Å². The van der Waals surface area contributed by atoms with E-state index in [-0.39, 0.29) is 11.7 Å². The summed E-state index contributed by atoms with van der Waals surface area (Å²) in [6.07, 6.45) is 1.38. The van der Waals surface area contributed by atoms with Gasteiger partial charge in [-0.15, -0.1) is 0 Å². The quantitative estimate of drug-likeness (QED) is 0.895. The number of hydrogen-bond donors (Lipinski definition) is 1.